The summed E-state index contributed by atoms with van der Waals surface area (Å²) in [6, 6.07) is 10.7. The molecule has 0 unspecified atom stereocenters. The fourth-order valence-corrected chi connectivity index (χ4v) is 3.48. The monoisotopic (exact) mass is 309 g/mol. The van der Waals surface area contributed by atoms with Crippen LogP contribution in [0.4, 0.5) is 0 Å². The van der Waals surface area contributed by atoms with E-state index in [0.29, 0.717) is 5.57 Å². The number of hydrogen-bond acceptors (Lipinski definition) is 4. The average Bonchev–Trinajstić information content (AvgIpc) is 2.85. The van der Waals surface area contributed by atoms with Crippen LogP contribution < -0.4 is 5.32 Å². The van der Waals surface area contributed by atoms with Gasteiger partial charge in [0.15, 0.2) is 0 Å². The summed E-state index contributed by atoms with van der Waals surface area (Å²) in [6.07, 6.45) is 4.49. The highest BCUT2D eigenvalue weighted by Gasteiger charge is 2.15. The van der Waals surface area contributed by atoms with Gasteiger partial charge in [0, 0.05) is 23.2 Å². The highest BCUT2D eigenvalue weighted by atomic mass is 32.1. The summed E-state index contributed by atoms with van der Waals surface area (Å²) < 4.78 is 0. The Hall–Kier alpha value is -2.12. The molecule has 0 spiro atoms. The molecule has 1 aromatic heterocycles. The molecular formula is C18H19N3S. The van der Waals surface area contributed by atoms with Crippen molar-refractivity contribution in [2.45, 2.75) is 32.6 Å². The molecule has 3 rings (SSSR count). The normalized spacial score (nSPS) is 17.3. The van der Waals surface area contributed by atoms with E-state index in [1.54, 1.807) is 11.3 Å². The van der Waals surface area contributed by atoms with Gasteiger partial charge in [-0.1, -0.05) is 36.2 Å². The van der Waals surface area contributed by atoms with Crippen LogP contribution >= 0.6 is 11.3 Å². The highest BCUT2D eigenvalue weighted by molar-refractivity contribution is 7.11. The largest absolute Gasteiger partial charge is 0.387 e. The van der Waals surface area contributed by atoms with Crippen LogP contribution in [0.2, 0.25) is 0 Å². The number of benzene rings is 1. The summed E-state index contributed by atoms with van der Waals surface area (Å²) in [5.41, 5.74) is 5.06. The fourth-order valence-electron chi connectivity index (χ4n) is 2.63. The molecule has 0 saturated carbocycles. The van der Waals surface area contributed by atoms with Crippen LogP contribution in [0.3, 0.4) is 0 Å². The lowest BCUT2D eigenvalue weighted by atomic mass is 10.1. The molecule has 1 N–H and O–H groups in total. The van der Waals surface area contributed by atoms with Gasteiger partial charge < -0.3 is 5.32 Å². The van der Waals surface area contributed by atoms with Crippen LogP contribution in [0.15, 0.2) is 35.3 Å². The molecule has 0 radical (unpaired) electrons. The SMILES string of the molecule is Cc1ccc(-c2csc(/C(C#N)=C3\CCCCCN3)n2)cc1. The number of aryl methyl sites for hydroxylation is 1. The first-order valence-corrected chi connectivity index (χ1v) is 8.56. The number of nitriles is 1. The predicted molar refractivity (Wildman–Crippen MR) is 91.3 cm³/mol. The third kappa shape index (κ3) is 3.20. The molecule has 1 aliphatic heterocycles. The van der Waals surface area contributed by atoms with E-state index in [0.717, 1.165) is 41.3 Å². The topological polar surface area (TPSA) is 48.7 Å². The number of aromatic nitrogens is 1. The molecule has 0 atom stereocenters. The Morgan fingerprint density at radius 2 is 2.05 bits per heavy atom. The maximum absolute atomic E-state index is 9.56. The van der Waals surface area contributed by atoms with Crippen LogP contribution in [-0.2, 0) is 0 Å². The second kappa shape index (κ2) is 6.76. The Bertz CT molecular complexity index is 710. The Morgan fingerprint density at radius 3 is 2.82 bits per heavy atom. The van der Waals surface area contributed by atoms with Crippen LogP contribution in [-0.4, -0.2) is 11.5 Å². The van der Waals surface area contributed by atoms with Crippen LogP contribution in [0, 0.1) is 18.3 Å². The molecule has 1 aliphatic rings. The number of rotatable bonds is 2. The predicted octanol–water partition coefficient (Wildman–Crippen LogP) is 4.52. The van der Waals surface area contributed by atoms with E-state index in [2.05, 4.69) is 47.6 Å². The molecule has 3 nitrogen and oxygen atoms in total. The van der Waals surface area contributed by atoms with E-state index in [9.17, 15) is 5.26 Å². The first-order chi connectivity index (χ1) is 10.8. The summed E-state index contributed by atoms with van der Waals surface area (Å²) in [7, 11) is 0. The van der Waals surface area contributed by atoms with Gasteiger partial charge >= 0.3 is 0 Å². The molecule has 1 aromatic carbocycles. The second-order valence-corrected chi connectivity index (χ2v) is 6.46. The zero-order valence-corrected chi connectivity index (χ0v) is 13.5. The van der Waals surface area contributed by atoms with Crippen molar-refractivity contribution in [3.8, 4) is 17.3 Å². The maximum Gasteiger partial charge on any atom is 0.136 e. The standard InChI is InChI=1S/C18H19N3S/c1-13-6-8-14(9-7-13)17-12-22-18(21-17)15(11-19)16-5-3-2-4-10-20-16/h6-9,12,20H,2-5,10H2,1H3/b16-15+. The van der Waals surface area contributed by atoms with E-state index in [1.165, 1.54) is 18.4 Å². The molecule has 2 heterocycles. The van der Waals surface area contributed by atoms with Crippen LogP contribution in [0.25, 0.3) is 16.8 Å². The van der Waals surface area contributed by atoms with Crippen LogP contribution in [0.1, 0.15) is 36.3 Å². The van der Waals surface area contributed by atoms with E-state index in [4.69, 9.17) is 0 Å². The van der Waals surface area contributed by atoms with Gasteiger partial charge in [-0.05, 0) is 26.2 Å². The van der Waals surface area contributed by atoms with Gasteiger partial charge in [-0.2, -0.15) is 5.26 Å². The molecule has 0 bridgehead atoms. The van der Waals surface area contributed by atoms with Crippen LogP contribution in [0.5, 0.6) is 0 Å². The lowest BCUT2D eigenvalue weighted by Gasteiger charge is -2.07. The van der Waals surface area contributed by atoms with Crippen molar-refractivity contribution in [2.75, 3.05) is 6.54 Å². The lowest BCUT2D eigenvalue weighted by Crippen LogP contribution is -2.13. The Kier molecular flexibility index (Phi) is 4.55. The number of thiazole rings is 1. The molecule has 112 valence electrons. The minimum atomic E-state index is 0.713. The van der Waals surface area contributed by atoms with Crippen molar-refractivity contribution in [3.05, 3.63) is 45.9 Å². The molecule has 4 heteroatoms. The third-order valence-electron chi connectivity index (χ3n) is 3.92. The van der Waals surface area contributed by atoms with Gasteiger partial charge in [0.1, 0.15) is 16.6 Å². The molecular weight excluding hydrogens is 290 g/mol. The Balaban J connectivity index is 1.93. The van der Waals surface area contributed by atoms with E-state index >= 15 is 0 Å². The van der Waals surface area contributed by atoms with E-state index in [1.807, 2.05) is 5.38 Å². The van der Waals surface area contributed by atoms with Gasteiger partial charge in [-0.25, -0.2) is 4.98 Å². The molecule has 22 heavy (non-hydrogen) atoms. The van der Waals surface area contributed by atoms with E-state index < -0.39 is 0 Å². The number of nitrogens with zero attached hydrogens (tertiary/aromatic N) is 2. The summed E-state index contributed by atoms with van der Waals surface area (Å²) in [5, 5.41) is 15.8. The average molecular weight is 309 g/mol. The summed E-state index contributed by atoms with van der Waals surface area (Å²) in [5.74, 6) is 0. The number of allylic oxidation sites excluding steroid dienone is 2. The Labute approximate surface area is 135 Å². The van der Waals surface area contributed by atoms with Crippen molar-refractivity contribution in [3.63, 3.8) is 0 Å². The first kappa shape index (κ1) is 14.8. The third-order valence-corrected chi connectivity index (χ3v) is 4.78. The smallest absolute Gasteiger partial charge is 0.136 e. The summed E-state index contributed by atoms with van der Waals surface area (Å²) in [4.78, 5) is 4.69. The lowest BCUT2D eigenvalue weighted by molar-refractivity contribution is 0.721. The summed E-state index contributed by atoms with van der Waals surface area (Å²) >= 11 is 1.55. The Morgan fingerprint density at radius 1 is 1.23 bits per heavy atom. The maximum atomic E-state index is 9.56. The van der Waals surface area contributed by atoms with E-state index in [-0.39, 0.29) is 0 Å². The minimum Gasteiger partial charge on any atom is -0.387 e. The van der Waals surface area contributed by atoms with Crippen molar-refractivity contribution in [1.29, 1.82) is 5.26 Å². The van der Waals surface area contributed by atoms with Gasteiger partial charge in [-0.15, -0.1) is 11.3 Å². The van der Waals surface area contributed by atoms with Gasteiger partial charge in [0.2, 0.25) is 0 Å². The minimum absolute atomic E-state index is 0.713. The molecule has 1 fully saturated rings. The second-order valence-electron chi connectivity index (χ2n) is 5.61. The quantitative estimate of drug-likeness (QED) is 0.830. The van der Waals surface area contributed by atoms with Gasteiger partial charge in [0.25, 0.3) is 0 Å². The van der Waals surface area contributed by atoms with Crippen molar-refractivity contribution in [1.82, 2.24) is 10.3 Å². The number of nitrogens with one attached hydrogen (secondary N) is 1. The highest BCUT2D eigenvalue weighted by Crippen LogP contribution is 2.29. The van der Waals surface area contributed by atoms with Gasteiger partial charge in [0.05, 0.1) is 5.69 Å². The summed E-state index contributed by atoms with van der Waals surface area (Å²) in [6.45, 7) is 3.03. The molecule has 2 aromatic rings. The zero-order valence-electron chi connectivity index (χ0n) is 12.7. The van der Waals surface area contributed by atoms with Gasteiger partial charge in [-0.3, -0.25) is 0 Å². The number of hydrogen-bond donors (Lipinski definition) is 1. The first-order valence-electron chi connectivity index (χ1n) is 7.68. The molecule has 0 aliphatic carbocycles. The molecule has 0 amide bonds. The fraction of sp³-hybridized carbons (Fsp3) is 0.333. The van der Waals surface area contributed by atoms with Crippen molar-refractivity contribution in [2.24, 2.45) is 0 Å². The molecule has 1 saturated heterocycles. The zero-order chi connectivity index (χ0) is 15.4. The van der Waals surface area contributed by atoms with Crippen molar-refractivity contribution < 1.29 is 0 Å². The van der Waals surface area contributed by atoms with Crippen molar-refractivity contribution >= 4 is 16.9 Å².